The van der Waals surface area contributed by atoms with Crippen LogP contribution in [0, 0.1) is 5.41 Å². The summed E-state index contributed by atoms with van der Waals surface area (Å²) in [5, 5.41) is 0. The minimum absolute atomic E-state index is 0.236. The highest BCUT2D eigenvalue weighted by molar-refractivity contribution is 9.10. The zero-order chi connectivity index (χ0) is 12.7. The van der Waals surface area contributed by atoms with E-state index in [0.29, 0.717) is 0 Å². The molecule has 0 saturated carbocycles. The molecule has 0 aromatic carbocycles. The van der Waals surface area contributed by atoms with Crippen molar-refractivity contribution in [2.75, 3.05) is 5.88 Å². The van der Waals surface area contributed by atoms with Crippen molar-refractivity contribution in [2.24, 2.45) is 5.41 Å². The lowest BCUT2D eigenvalue weighted by Gasteiger charge is -2.30. The molecule has 0 bridgehead atoms. The predicted octanol–water partition coefficient (Wildman–Crippen LogP) is 5.21. The second-order valence-corrected chi connectivity index (χ2v) is 5.96. The summed E-state index contributed by atoms with van der Waals surface area (Å²) < 4.78 is 1.05. The number of rotatable bonds is 7. The molecule has 0 radical (unpaired) electrons. The van der Waals surface area contributed by atoms with Crippen molar-refractivity contribution in [3.63, 3.8) is 0 Å². The van der Waals surface area contributed by atoms with E-state index in [0.717, 1.165) is 23.2 Å². The summed E-state index contributed by atoms with van der Waals surface area (Å²) in [5.41, 5.74) is 1.51. The van der Waals surface area contributed by atoms with Gasteiger partial charge in [0.25, 0.3) is 0 Å². The fraction of sp³-hybridized carbons (Fsp3) is 0.643. The summed E-state index contributed by atoms with van der Waals surface area (Å²) in [4.78, 5) is 4.23. The number of aromatic nitrogens is 1. The Balaban J connectivity index is 2.78. The van der Waals surface area contributed by atoms with E-state index in [1.54, 1.807) is 0 Å². The molecule has 0 aliphatic heterocycles. The Morgan fingerprint density at radius 2 is 2.12 bits per heavy atom. The second-order valence-electron chi connectivity index (χ2n) is 4.78. The fourth-order valence-corrected chi connectivity index (χ4v) is 2.97. The molecule has 0 fully saturated rings. The summed E-state index contributed by atoms with van der Waals surface area (Å²) in [6.45, 7) is 4.47. The molecule has 17 heavy (non-hydrogen) atoms. The number of nitrogens with zero attached hydrogens (tertiary/aromatic N) is 1. The van der Waals surface area contributed by atoms with Gasteiger partial charge in [-0.05, 0) is 52.2 Å². The maximum absolute atomic E-state index is 6.22. The van der Waals surface area contributed by atoms with E-state index < -0.39 is 0 Å². The van der Waals surface area contributed by atoms with E-state index in [-0.39, 0.29) is 5.41 Å². The molecule has 0 aliphatic rings. The van der Waals surface area contributed by atoms with Crippen LogP contribution in [0.15, 0.2) is 22.9 Å². The fourth-order valence-electron chi connectivity index (χ4n) is 2.14. The maximum Gasteiger partial charge on any atom is 0.0410 e. The van der Waals surface area contributed by atoms with Gasteiger partial charge < -0.3 is 0 Å². The minimum atomic E-state index is 0.236. The highest BCUT2D eigenvalue weighted by atomic mass is 79.9. The summed E-state index contributed by atoms with van der Waals surface area (Å²) in [6, 6.07) is 2.15. The van der Waals surface area contributed by atoms with Crippen LogP contribution in [0.5, 0.6) is 0 Å². The van der Waals surface area contributed by atoms with Crippen molar-refractivity contribution in [1.82, 2.24) is 4.98 Å². The van der Waals surface area contributed by atoms with Gasteiger partial charge in [-0.2, -0.15) is 0 Å². The van der Waals surface area contributed by atoms with Crippen LogP contribution >= 0.6 is 27.5 Å². The van der Waals surface area contributed by atoms with Gasteiger partial charge in [-0.3, -0.25) is 4.98 Å². The summed E-state index contributed by atoms with van der Waals surface area (Å²) in [6.07, 6.45) is 9.62. The van der Waals surface area contributed by atoms with E-state index in [2.05, 4.69) is 40.8 Å². The van der Waals surface area contributed by atoms with Gasteiger partial charge in [0.15, 0.2) is 0 Å². The van der Waals surface area contributed by atoms with Crippen LogP contribution in [0.3, 0.4) is 0 Å². The first-order chi connectivity index (χ1) is 8.15. The van der Waals surface area contributed by atoms with Crippen LogP contribution in [0.25, 0.3) is 0 Å². The van der Waals surface area contributed by atoms with Gasteiger partial charge in [-0.25, -0.2) is 0 Å². The molecule has 3 heteroatoms. The molecular weight excluding hydrogens is 298 g/mol. The Morgan fingerprint density at radius 1 is 1.35 bits per heavy atom. The van der Waals surface area contributed by atoms with Gasteiger partial charge >= 0.3 is 0 Å². The molecule has 1 unspecified atom stereocenters. The van der Waals surface area contributed by atoms with Crippen molar-refractivity contribution in [3.8, 4) is 0 Å². The van der Waals surface area contributed by atoms with Gasteiger partial charge in [0.05, 0.1) is 0 Å². The van der Waals surface area contributed by atoms with Crippen molar-refractivity contribution in [1.29, 1.82) is 0 Å². The lowest BCUT2D eigenvalue weighted by molar-refractivity contribution is 0.279. The highest BCUT2D eigenvalue weighted by Crippen LogP contribution is 2.34. The molecule has 1 atom stereocenters. The lowest BCUT2D eigenvalue weighted by Crippen LogP contribution is -2.25. The van der Waals surface area contributed by atoms with Crippen LogP contribution in [0.4, 0.5) is 0 Å². The van der Waals surface area contributed by atoms with Crippen molar-refractivity contribution in [2.45, 2.75) is 46.0 Å². The third kappa shape index (κ3) is 4.59. The van der Waals surface area contributed by atoms with Crippen molar-refractivity contribution >= 4 is 27.5 Å². The quantitative estimate of drug-likeness (QED) is 0.629. The Kier molecular flexibility index (Phi) is 6.50. The molecule has 0 spiro atoms. The van der Waals surface area contributed by atoms with Crippen LogP contribution in [0.2, 0.25) is 0 Å². The topological polar surface area (TPSA) is 12.9 Å². The van der Waals surface area contributed by atoms with Gasteiger partial charge in [0.1, 0.15) is 0 Å². The molecule has 0 N–H and O–H groups in total. The molecular formula is C14H21BrClN. The van der Waals surface area contributed by atoms with Gasteiger partial charge in [-0.15, -0.1) is 11.6 Å². The normalized spacial score (nSPS) is 14.6. The third-order valence-corrected chi connectivity index (χ3v) is 4.44. The SMILES string of the molecule is CCCCC(CC)(CCl)Cc1cncc(Br)c1. The number of alkyl halides is 1. The van der Waals surface area contributed by atoms with E-state index in [1.807, 2.05) is 12.4 Å². The first-order valence-corrected chi connectivity index (χ1v) is 7.64. The molecule has 0 aliphatic carbocycles. The maximum atomic E-state index is 6.22. The number of hydrogen-bond donors (Lipinski definition) is 0. The van der Waals surface area contributed by atoms with Gasteiger partial charge in [-0.1, -0.05) is 26.7 Å². The molecule has 1 rings (SSSR count). The van der Waals surface area contributed by atoms with Crippen LogP contribution in [0.1, 0.15) is 45.1 Å². The molecule has 1 aromatic heterocycles. The average Bonchev–Trinajstić information content (AvgIpc) is 2.35. The molecule has 0 saturated heterocycles. The summed E-state index contributed by atoms with van der Waals surface area (Å²) in [5.74, 6) is 0.732. The van der Waals surface area contributed by atoms with E-state index >= 15 is 0 Å². The minimum Gasteiger partial charge on any atom is -0.263 e. The molecule has 1 nitrogen and oxygen atoms in total. The molecule has 96 valence electrons. The molecule has 1 heterocycles. The number of hydrogen-bond acceptors (Lipinski definition) is 1. The summed E-state index contributed by atoms with van der Waals surface area (Å²) in [7, 11) is 0. The van der Waals surface area contributed by atoms with Gasteiger partial charge in [0.2, 0.25) is 0 Å². The standard InChI is InChI=1S/C14H21BrClN/c1-3-5-6-14(4-2,11-16)8-12-7-13(15)10-17-9-12/h7,9-10H,3-6,8,11H2,1-2H3. The average molecular weight is 319 g/mol. The van der Waals surface area contributed by atoms with Crippen LogP contribution in [-0.4, -0.2) is 10.9 Å². The van der Waals surface area contributed by atoms with E-state index in [4.69, 9.17) is 11.6 Å². The monoisotopic (exact) mass is 317 g/mol. The van der Waals surface area contributed by atoms with Crippen LogP contribution < -0.4 is 0 Å². The second kappa shape index (κ2) is 7.38. The number of unbranched alkanes of at least 4 members (excludes halogenated alkanes) is 1. The van der Waals surface area contributed by atoms with E-state index in [1.165, 1.54) is 24.8 Å². The first kappa shape index (κ1) is 15.0. The summed E-state index contributed by atoms with van der Waals surface area (Å²) >= 11 is 9.69. The predicted molar refractivity (Wildman–Crippen MR) is 78.6 cm³/mol. The number of halogens is 2. The first-order valence-electron chi connectivity index (χ1n) is 6.31. The largest absolute Gasteiger partial charge is 0.263 e. The van der Waals surface area contributed by atoms with E-state index in [9.17, 15) is 0 Å². The zero-order valence-electron chi connectivity index (χ0n) is 10.7. The molecule has 1 aromatic rings. The number of pyridine rings is 1. The Hall–Kier alpha value is -0.0800. The van der Waals surface area contributed by atoms with Crippen molar-refractivity contribution < 1.29 is 0 Å². The Bertz CT molecular complexity index is 337. The third-order valence-electron chi connectivity index (χ3n) is 3.43. The lowest BCUT2D eigenvalue weighted by atomic mass is 9.77. The smallest absolute Gasteiger partial charge is 0.0410 e. The van der Waals surface area contributed by atoms with Crippen LogP contribution in [-0.2, 0) is 6.42 Å². The zero-order valence-corrected chi connectivity index (χ0v) is 13.0. The van der Waals surface area contributed by atoms with Gasteiger partial charge in [0, 0.05) is 22.7 Å². The molecule has 0 amide bonds. The van der Waals surface area contributed by atoms with Crippen molar-refractivity contribution in [3.05, 3.63) is 28.5 Å². The Labute approximate surface area is 118 Å². The Morgan fingerprint density at radius 3 is 2.65 bits per heavy atom. The highest BCUT2D eigenvalue weighted by Gasteiger charge is 2.27.